The topological polar surface area (TPSA) is 127 Å². The van der Waals surface area contributed by atoms with Crippen LogP contribution in [0.3, 0.4) is 0 Å². The molecule has 4 aromatic rings. The highest BCUT2D eigenvalue weighted by Crippen LogP contribution is 2.25. The molecule has 2 amide bonds. The lowest BCUT2D eigenvalue weighted by atomic mass is 10.2. The standard InChI is InChI=1S/C20H19N7O3S2/c1-27-16(10-21-19-22-14(11-31-19)13-6-3-2-4-7-13)23-26-20(27)32-12-17(28)24-25-18(29)15-8-5-9-30-15/h2-9,11H,10,12H2,1H3,(H,21,22)(H,24,28)(H,25,29). The van der Waals surface area contributed by atoms with Crippen molar-refractivity contribution >= 4 is 40.0 Å². The van der Waals surface area contributed by atoms with Crippen molar-refractivity contribution in [2.75, 3.05) is 11.1 Å². The zero-order chi connectivity index (χ0) is 22.3. The smallest absolute Gasteiger partial charge is 0.305 e. The first-order valence-electron chi connectivity index (χ1n) is 9.48. The molecule has 4 rings (SSSR count). The molecule has 0 aliphatic carbocycles. The molecule has 0 bridgehead atoms. The number of hydrogen-bond acceptors (Lipinski definition) is 9. The van der Waals surface area contributed by atoms with Crippen molar-refractivity contribution in [1.29, 1.82) is 0 Å². The maximum atomic E-state index is 12.0. The summed E-state index contributed by atoms with van der Waals surface area (Å²) in [5, 5.41) is 14.9. The normalized spacial score (nSPS) is 10.7. The van der Waals surface area contributed by atoms with Gasteiger partial charge in [0.05, 0.1) is 24.3 Å². The molecule has 0 spiro atoms. The number of anilines is 1. The number of nitrogens with zero attached hydrogens (tertiary/aromatic N) is 4. The number of furan rings is 1. The average molecular weight is 470 g/mol. The van der Waals surface area contributed by atoms with Gasteiger partial charge < -0.3 is 14.3 Å². The number of hydrazine groups is 1. The van der Waals surface area contributed by atoms with E-state index in [-0.39, 0.29) is 17.4 Å². The third kappa shape index (κ3) is 5.34. The third-order valence-electron chi connectivity index (χ3n) is 4.29. The van der Waals surface area contributed by atoms with Crippen molar-refractivity contribution in [3.05, 3.63) is 65.7 Å². The lowest BCUT2D eigenvalue weighted by Crippen LogP contribution is -2.42. The summed E-state index contributed by atoms with van der Waals surface area (Å²) in [5.74, 6) is -0.0353. The third-order valence-corrected chi connectivity index (χ3v) is 6.11. The van der Waals surface area contributed by atoms with Gasteiger partial charge >= 0.3 is 5.91 Å². The van der Waals surface area contributed by atoms with Crippen molar-refractivity contribution in [3.8, 4) is 11.3 Å². The number of hydrogen-bond donors (Lipinski definition) is 3. The van der Waals surface area contributed by atoms with E-state index in [1.165, 1.54) is 35.4 Å². The van der Waals surface area contributed by atoms with Gasteiger partial charge in [0, 0.05) is 18.0 Å². The van der Waals surface area contributed by atoms with Crippen LogP contribution < -0.4 is 16.2 Å². The van der Waals surface area contributed by atoms with Gasteiger partial charge in [0.2, 0.25) is 5.91 Å². The molecule has 0 aliphatic heterocycles. The van der Waals surface area contributed by atoms with Crippen LogP contribution in [0.1, 0.15) is 16.4 Å². The van der Waals surface area contributed by atoms with Crippen LogP contribution >= 0.6 is 23.1 Å². The van der Waals surface area contributed by atoms with Gasteiger partial charge in [-0.05, 0) is 12.1 Å². The van der Waals surface area contributed by atoms with E-state index in [0.717, 1.165) is 16.4 Å². The molecule has 0 radical (unpaired) electrons. The number of benzene rings is 1. The molecule has 3 heterocycles. The van der Waals surface area contributed by atoms with Crippen LogP contribution in [0.25, 0.3) is 11.3 Å². The van der Waals surface area contributed by atoms with E-state index in [9.17, 15) is 9.59 Å². The summed E-state index contributed by atoms with van der Waals surface area (Å²) in [4.78, 5) is 28.3. The van der Waals surface area contributed by atoms with E-state index in [1.807, 2.05) is 42.8 Å². The highest BCUT2D eigenvalue weighted by atomic mass is 32.2. The van der Waals surface area contributed by atoms with Gasteiger partial charge in [0.15, 0.2) is 21.9 Å². The van der Waals surface area contributed by atoms with Crippen LogP contribution in [0.15, 0.2) is 63.7 Å². The molecule has 3 aromatic heterocycles. The first kappa shape index (κ1) is 21.6. The zero-order valence-electron chi connectivity index (χ0n) is 16.9. The highest BCUT2D eigenvalue weighted by molar-refractivity contribution is 7.99. The summed E-state index contributed by atoms with van der Waals surface area (Å²) >= 11 is 2.73. The lowest BCUT2D eigenvalue weighted by Gasteiger charge is -2.06. The Labute approximate surface area is 191 Å². The van der Waals surface area contributed by atoms with Gasteiger partial charge in [-0.3, -0.25) is 20.4 Å². The van der Waals surface area contributed by atoms with Gasteiger partial charge in [0.1, 0.15) is 0 Å². The molecule has 3 N–H and O–H groups in total. The summed E-state index contributed by atoms with van der Waals surface area (Å²) < 4.78 is 6.76. The second-order valence-corrected chi connectivity index (χ2v) is 8.28. The largest absolute Gasteiger partial charge is 0.459 e. The molecule has 0 saturated carbocycles. The molecule has 32 heavy (non-hydrogen) atoms. The molecular formula is C20H19N7O3S2. The quantitative estimate of drug-likeness (QED) is 0.266. The van der Waals surface area contributed by atoms with E-state index < -0.39 is 5.91 Å². The fourth-order valence-electron chi connectivity index (χ4n) is 2.64. The molecule has 0 atom stereocenters. The van der Waals surface area contributed by atoms with Gasteiger partial charge in [0.25, 0.3) is 0 Å². The van der Waals surface area contributed by atoms with Gasteiger partial charge in [-0.2, -0.15) is 0 Å². The molecule has 0 saturated heterocycles. The Bertz CT molecular complexity index is 1190. The number of nitrogens with one attached hydrogen (secondary N) is 3. The number of aromatic nitrogens is 4. The van der Waals surface area contributed by atoms with Crippen LogP contribution in [0.4, 0.5) is 5.13 Å². The van der Waals surface area contributed by atoms with Crippen molar-refractivity contribution < 1.29 is 14.0 Å². The van der Waals surface area contributed by atoms with Gasteiger partial charge in [-0.25, -0.2) is 4.98 Å². The Morgan fingerprint density at radius 1 is 1.12 bits per heavy atom. The van der Waals surface area contributed by atoms with E-state index >= 15 is 0 Å². The van der Waals surface area contributed by atoms with E-state index in [1.54, 1.807) is 10.6 Å². The number of carbonyl (C=O) groups excluding carboxylic acids is 2. The monoisotopic (exact) mass is 469 g/mol. The number of carbonyl (C=O) groups is 2. The summed E-state index contributed by atoms with van der Waals surface area (Å²) in [5.41, 5.74) is 6.60. The number of amides is 2. The summed E-state index contributed by atoms with van der Waals surface area (Å²) in [7, 11) is 1.83. The summed E-state index contributed by atoms with van der Waals surface area (Å²) in [6.07, 6.45) is 1.38. The van der Waals surface area contributed by atoms with E-state index in [4.69, 9.17) is 4.42 Å². The Kier molecular flexibility index (Phi) is 6.82. The van der Waals surface area contributed by atoms with Crippen molar-refractivity contribution in [3.63, 3.8) is 0 Å². The fourth-order valence-corrected chi connectivity index (χ4v) is 4.09. The molecule has 12 heteroatoms. The van der Waals surface area contributed by atoms with Crippen LogP contribution in [0.5, 0.6) is 0 Å². The summed E-state index contributed by atoms with van der Waals surface area (Å²) in [6, 6.07) is 13.1. The minimum atomic E-state index is -0.530. The van der Waals surface area contributed by atoms with E-state index in [2.05, 4.69) is 31.3 Å². The molecule has 0 unspecified atom stereocenters. The number of thioether (sulfide) groups is 1. The Morgan fingerprint density at radius 3 is 2.75 bits per heavy atom. The van der Waals surface area contributed by atoms with E-state index in [0.29, 0.717) is 17.5 Å². The Hall–Kier alpha value is -3.64. The van der Waals surface area contributed by atoms with Crippen LogP contribution in [0, 0.1) is 0 Å². The molecule has 0 aliphatic rings. The van der Waals surface area contributed by atoms with Crippen LogP contribution in [0.2, 0.25) is 0 Å². The second-order valence-electron chi connectivity index (χ2n) is 6.48. The summed E-state index contributed by atoms with van der Waals surface area (Å²) in [6.45, 7) is 0.442. The number of thiazole rings is 1. The van der Waals surface area contributed by atoms with Crippen molar-refractivity contribution in [2.24, 2.45) is 7.05 Å². The van der Waals surface area contributed by atoms with Gasteiger partial charge in [-0.1, -0.05) is 42.1 Å². The molecular weight excluding hydrogens is 450 g/mol. The highest BCUT2D eigenvalue weighted by Gasteiger charge is 2.14. The maximum absolute atomic E-state index is 12.0. The molecule has 164 valence electrons. The average Bonchev–Trinajstić information content (AvgIpc) is 3.57. The molecule has 0 fully saturated rings. The van der Waals surface area contributed by atoms with Crippen molar-refractivity contribution in [1.82, 2.24) is 30.6 Å². The SMILES string of the molecule is Cn1c(CNc2nc(-c3ccccc3)cs2)nnc1SCC(=O)NNC(=O)c1ccco1. The van der Waals surface area contributed by atoms with Crippen LogP contribution in [-0.4, -0.2) is 37.3 Å². The first-order chi connectivity index (χ1) is 15.6. The zero-order valence-corrected chi connectivity index (χ0v) is 18.6. The predicted octanol–water partition coefficient (Wildman–Crippen LogP) is 2.70. The molecule has 1 aromatic carbocycles. The lowest BCUT2D eigenvalue weighted by molar-refractivity contribution is -0.119. The molecule has 10 nitrogen and oxygen atoms in total. The number of rotatable bonds is 8. The predicted molar refractivity (Wildman–Crippen MR) is 121 cm³/mol. The first-order valence-corrected chi connectivity index (χ1v) is 11.4. The van der Waals surface area contributed by atoms with Gasteiger partial charge in [-0.15, -0.1) is 21.5 Å². The fraction of sp³-hybridized carbons (Fsp3) is 0.150. The maximum Gasteiger partial charge on any atom is 0.305 e. The van der Waals surface area contributed by atoms with Crippen LogP contribution in [-0.2, 0) is 18.4 Å². The second kappa shape index (κ2) is 10.1. The minimum absolute atomic E-state index is 0.0603. The van der Waals surface area contributed by atoms with Crippen molar-refractivity contribution in [2.45, 2.75) is 11.7 Å². The Morgan fingerprint density at radius 2 is 1.97 bits per heavy atom. The Balaban J connectivity index is 1.25. The minimum Gasteiger partial charge on any atom is -0.459 e.